The molecule has 0 amide bonds. The van der Waals surface area contributed by atoms with Crippen LogP contribution in [0.2, 0.25) is 0 Å². The smallest absolute Gasteiger partial charge is 0.213 e. The van der Waals surface area contributed by atoms with Gasteiger partial charge < -0.3 is 14.9 Å². The molecule has 2 heterocycles. The molecule has 0 saturated carbocycles. The molecule has 0 bridgehead atoms. The largest absolute Gasteiger partial charge is 0.396 e. The third kappa shape index (κ3) is 3.90. The van der Waals surface area contributed by atoms with E-state index in [1.807, 2.05) is 6.20 Å². The van der Waals surface area contributed by atoms with Gasteiger partial charge in [0.05, 0.1) is 5.69 Å². The Balaban J connectivity index is 1.65. The number of nitrogens with zero attached hydrogens (tertiary/aromatic N) is 5. The molecule has 0 unspecified atom stereocenters. The molecule has 0 aliphatic heterocycles. The molecule has 18 heavy (non-hydrogen) atoms. The van der Waals surface area contributed by atoms with Crippen LogP contribution in [0.25, 0.3) is 0 Å². The first-order valence-electron chi connectivity index (χ1n) is 5.84. The van der Waals surface area contributed by atoms with E-state index >= 15 is 0 Å². The molecule has 2 aromatic heterocycles. The van der Waals surface area contributed by atoms with Gasteiger partial charge in [-0.3, -0.25) is 4.68 Å². The summed E-state index contributed by atoms with van der Waals surface area (Å²) in [5, 5.41) is 23.6. The summed E-state index contributed by atoms with van der Waals surface area (Å²) in [6, 6.07) is 0. The maximum Gasteiger partial charge on any atom is 0.213 e. The molecule has 2 aromatic rings. The highest BCUT2D eigenvalue weighted by atomic mass is 16.5. The number of aliphatic hydroxyl groups excluding tert-OH is 1. The average molecular weight is 252 g/mol. The second-order valence-electron chi connectivity index (χ2n) is 3.82. The van der Waals surface area contributed by atoms with Crippen molar-refractivity contribution < 1.29 is 9.63 Å². The average Bonchev–Trinajstić information content (AvgIpc) is 3.04. The third-order valence-electron chi connectivity index (χ3n) is 2.37. The van der Waals surface area contributed by atoms with Crippen LogP contribution in [-0.2, 0) is 19.5 Å². The summed E-state index contributed by atoms with van der Waals surface area (Å²) < 4.78 is 6.36. The Hall–Kier alpha value is -1.80. The van der Waals surface area contributed by atoms with Gasteiger partial charge in [0.25, 0.3) is 0 Å². The van der Waals surface area contributed by atoms with Crippen LogP contribution in [0, 0.1) is 0 Å². The lowest BCUT2D eigenvalue weighted by molar-refractivity contribution is 0.276. The fourth-order valence-electron chi connectivity index (χ4n) is 1.48. The van der Waals surface area contributed by atoms with E-state index in [1.54, 1.807) is 4.68 Å². The number of hydrogen-bond donors (Lipinski definition) is 2. The van der Waals surface area contributed by atoms with Gasteiger partial charge in [-0.25, -0.2) is 0 Å². The van der Waals surface area contributed by atoms with Crippen LogP contribution in [0.4, 0.5) is 0 Å². The summed E-state index contributed by atoms with van der Waals surface area (Å²) in [7, 11) is 0. The van der Waals surface area contributed by atoms with E-state index in [2.05, 4.69) is 30.3 Å². The lowest BCUT2D eigenvalue weighted by Gasteiger charge is -1.99. The second kappa shape index (κ2) is 6.82. The third-order valence-corrected chi connectivity index (χ3v) is 2.37. The van der Waals surface area contributed by atoms with Crippen molar-refractivity contribution in [1.29, 1.82) is 0 Å². The lowest BCUT2D eigenvalue weighted by Crippen LogP contribution is -2.17. The van der Waals surface area contributed by atoms with Gasteiger partial charge in [-0.05, 0) is 6.42 Å². The van der Waals surface area contributed by atoms with Gasteiger partial charge in [-0.1, -0.05) is 10.4 Å². The maximum atomic E-state index is 8.70. The summed E-state index contributed by atoms with van der Waals surface area (Å²) in [5.74, 6) is 0.689. The van der Waals surface area contributed by atoms with E-state index in [-0.39, 0.29) is 6.61 Å². The van der Waals surface area contributed by atoms with Crippen LogP contribution in [0.1, 0.15) is 17.9 Å². The molecule has 0 aliphatic rings. The fourth-order valence-corrected chi connectivity index (χ4v) is 1.48. The first-order chi connectivity index (χ1) is 8.88. The van der Waals surface area contributed by atoms with Crippen molar-refractivity contribution in [3.8, 4) is 0 Å². The van der Waals surface area contributed by atoms with E-state index in [0.717, 1.165) is 18.7 Å². The molecule has 2 rings (SSSR count). The summed E-state index contributed by atoms with van der Waals surface area (Å²) in [5.41, 5.74) is 0.876. The van der Waals surface area contributed by atoms with Crippen LogP contribution in [0.5, 0.6) is 0 Å². The topological polar surface area (TPSA) is 102 Å². The van der Waals surface area contributed by atoms with E-state index in [9.17, 15) is 0 Å². The highest BCUT2D eigenvalue weighted by Gasteiger charge is 2.01. The van der Waals surface area contributed by atoms with Gasteiger partial charge in [-0.2, -0.15) is 4.98 Å². The van der Waals surface area contributed by atoms with Gasteiger partial charge in [0.15, 0.2) is 5.82 Å². The fraction of sp³-hybridized carbons (Fsp3) is 0.600. The second-order valence-corrected chi connectivity index (χ2v) is 3.82. The molecule has 0 aromatic carbocycles. The van der Waals surface area contributed by atoms with Crippen LogP contribution in [0.15, 0.2) is 17.1 Å². The molecule has 98 valence electrons. The Morgan fingerprint density at radius 3 is 3.17 bits per heavy atom. The van der Waals surface area contributed by atoms with Gasteiger partial charge in [0.1, 0.15) is 0 Å². The Kier molecular flexibility index (Phi) is 4.79. The Labute approximate surface area is 104 Å². The highest BCUT2D eigenvalue weighted by Crippen LogP contribution is 1.95. The number of aryl methyl sites for hydroxylation is 1. The van der Waals surface area contributed by atoms with Gasteiger partial charge >= 0.3 is 0 Å². The van der Waals surface area contributed by atoms with Crippen molar-refractivity contribution in [3.05, 3.63) is 24.1 Å². The van der Waals surface area contributed by atoms with Gasteiger partial charge in [0, 0.05) is 38.9 Å². The van der Waals surface area contributed by atoms with Crippen LogP contribution in [0.3, 0.4) is 0 Å². The summed E-state index contributed by atoms with van der Waals surface area (Å²) in [4.78, 5) is 3.93. The number of rotatable bonds is 8. The van der Waals surface area contributed by atoms with Crippen molar-refractivity contribution >= 4 is 0 Å². The molecule has 2 N–H and O–H groups in total. The van der Waals surface area contributed by atoms with E-state index in [0.29, 0.717) is 25.3 Å². The van der Waals surface area contributed by atoms with Crippen molar-refractivity contribution in [2.75, 3.05) is 13.2 Å². The van der Waals surface area contributed by atoms with Crippen molar-refractivity contribution in [3.63, 3.8) is 0 Å². The summed E-state index contributed by atoms with van der Waals surface area (Å²) >= 11 is 0. The Morgan fingerprint density at radius 2 is 2.39 bits per heavy atom. The normalized spacial score (nSPS) is 10.9. The standard InChI is InChI=1S/C10H16N6O2/c17-5-1-4-16-7-9(13-15-16)6-11-3-2-10-12-8-18-14-10/h7-8,11,17H,1-6H2. The summed E-state index contributed by atoms with van der Waals surface area (Å²) in [6.45, 7) is 2.25. The molecule has 8 nitrogen and oxygen atoms in total. The van der Waals surface area contributed by atoms with Gasteiger partial charge in [-0.15, -0.1) is 5.10 Å². The zero-order valence-electron chi connectivity index (χ0n) is 9.99. The number of hydrogen-bond acceptors (Lipinski definition) is 7. The maximum absolute atomic E-state index is 8.70. The summed E-state index contributed by atoms with van der Waals surface area (Å²) in [6.07, 6.45) is 4.60. The van der Waals surface area contributed by atoms with E-state index < -0.39 is 0 Å². The van der Waals surface area contributed by atoms with Crippen LogP contribution < -0.4 is 5.32 Å². The quantitative estimate of drug-likeness (QED) is 0.603. The first kappa shape index (κ1) is 12.7. The predicted octanol–water partition coefficient (Wildman–Crippen LogP) is -0.624. The van der Waals surface area contributed by atoms with E-state index in [4.69, 9.17) is 5.11 Å². The zero-order chi connectivity index (χ0) is 12.6. The molecular weight excluding hydrogens is 236 g/mol. The molecule has 0 radical (unpaired) electrons. The SMILES string of the molecule is OCCCn1cc(CNCCc2ncon2)nn1. The molecule has 0 aliphatic carbocycles. The van der Waals surface area contributed by atoms with Crippen molar-refractivity contribution in [1.82, 2.24) is 30.5 Å². The molecule has 0 saturated heterocycles. The molecule has 0 atom stereocenters. The molecule has 0 fully saturated rings. The molecular formula is C10H16N6O2. The monoisotopic (exact) mass is 252 g/mol. The molecule has 8 heteroatoms. The number of aliphatic hydroxyl groups is 1. The Morgan fingerprint density at radius 1 is 1.44 bits per heavy atom. The van der Waals surface area contributed by atoms with Crippen molar-refractivity contribution in [2.24, 2.45) is 0 Å². The molecule has 0 spiro atoms. The van der Waals surface area contributed by atoms with Crippen molar-refractivity contribution in [2.45, 2.75) is 25.9 Å². The zero-order valence-corrected chi connectivity index (χ0v) is 9.99. The number of aromatic nitrogens is 5. The number of nitrogens with one attached hydrogen (secondary N) is 1. The Bertz CT molecular complexity index is 441. The van der Waals surface area contributed by atoms with E-state index in [1.165, 1.54) is 6.39 Å². The highest BCUT2D eigenvalue weighted by molar-refractivity contribution is 4.91. The van der Waals surface area contributed by atoms with Crippen LogP contribution >= 0.6 is 0 Å². The minimum Gasteiger partial charge on any atom is -0.396 e. The van der Waals surface area contributed by atoms with Gasteiger partial charge in [0.2, 0.25) is 6.39 Å². The predicted molar refractivity (Wildman–Crippen MR) is 61.4 cm³/mol. The first-order valence-corrected chi connectivity index (χ1v) is 5.84. The van der Waals surface area contributed by atoms with Crippen LogP contribution in [-0.4, -0.2) is 43.4 Å². The lowest BCUT2D eigenvalue weighted by atomic mass is 10.4. The minimum atomic E-state index is 0.165. The minimum absolute atomic E-state index is 0.165.